The Bertz CT molecular complexity index is 3340. The highest BCUT2D eigenvalue weighted by Crippen LogP contribution is 2.38. The first-order valence-electron chi connectivity index (χ1n) is 20.3. The van der Waals surface area contributed by atoms with Crippen LogP contribution < -0.4 is 0 Å². The normalized spacial score (nSPS) is 11.3. The third-order valence-corrected chi connectivity index (χ3v) is 11.5. The maximum absolute atomic E-state index is 5.33. The Labute approximate surface area is 349 Å². The molecule has 0 saturated heterocycles. The summed E-state index contributed by atoms with van der Waals surface area (Å²) < 4.78 is 0. The van der Waals surface area contributed by atoms with Gasteiger partial charge in [-0.15, -0.1) is 0 Å². The quantitative estimate of drug-likeness (QED) is 0.162. The van der Waals surface area contributed by atoms with Gasteiger partial charge in [-0.3, -0.25) is 0 Å². The molecule has 0 N–H and O–H groups in total. The van der Waals surface area contributed by atoms with Crippen LogP contribution in [0.1, 0.15) is 0 Å². The van der Waals surface area contributed by atoms with Crippen molar-refractivity contribution in [2.75, 3.05) is 0 Å². The molecule has 0 bridgehead atoms. The van der Waals surface area contributed by atoms with Gasteiger partial charge in [-0.2, -0.15) is 0 Å². The summed E-state index contributed by atoms with van der Waals surface area (Å²) in [5, 5.41) is 6.83. The van der Waals surface area contributed by atoms with Crippen LogP contribution in [0.4, 0.5) is 0 Å². The van der Waals surface area contributed by atoms with E-state index in [1.54, 1.807) is 0 Å². The van der Waals surface area contributed by atoms with Gasteiger partial charge in [0.15, 0.2) is 17.5 Å². The highest BCUT2D eigenvalue weighted by atomic mass is 15.0. The van der Waals surface area contributed by atoms with E-state index < -0.39 is 0 Å². The molecule has 0 aliphatic heterocycles. The lowest BCUT2D eigenvalue weighted by Gasteiger charge is -2.14. The summed E-state index contributed by atoms with van der Waals surface area (Å²) in [6.45, 7) is 0. The Hall–Kier alpha value is -8.01. The van der Waals surface area contributed by atoms with Crippen molar-refractivity contribution in [3.05, 3.63) is 224 Å². The number of hydrogen-bond acceptors (Lipinski definition) is 3. The number of nitrogens with zero attached hydrogens (tertiary/aromatic N) is 3. The van der Waals surface area contributed by atoms with Crippen LogP contribution in [0.2, 0.25) is 0 Å². The first-order chi connectivity index (χ1) is 29.7. The largest absolute Gasteiger partial charge is 0.208 e. The van der Waals surface area contributed by atoms with Crippen LogP contribution in [0.3, 0.4) is 0 Å². The minimum Gasteiger partial charge on any atom is -0.208 e. The second kappa shape index (κ2) is 15.1. The third kappa shape index (κ3) is 6.58. The monoisotopic (exact) mass is 763 g/mol. The maximum atomic E-state index is 5.33. The number of benzene rings is 10. The molecule has 11 aromatic rings. The van der Waals surface area contributed by atoms with Gasteiger partial charge in [-0.05, 0) is 101 Å². The van der Waals surface area contributed by atoms with Gasteiger partial charge in [0, 0.05) is 16.7 Å². The Morgan fingerprint density at radius 2 is 0.633 bits per heavy atom. The highest BCUT2D eigenvalue weighted by molar-refractivity contribution is 6.04. The molecule has 0 saturated carbocycles. The van der Waals surface area contributed by atoms with Crippen LogP contribution in [0.5, 0.6) is 0 Å². The number of fused-ring (bicyclic) bond motifs is 3. The van der Waals surface area contributed by atoms with E-state index in [0.29, 0.717) is 17.5 Å². The zero-order valence-corrected chi connectivity index (χ0v) is 32.7. The van der Waals surface area contributed by atoms with E-state index in [0.717, 1.165) is 54.7 Å². The molecule has 280 valence electrons. The van der Waals surface area contributed by atoms with Gasteiger partial charge < -0.3 is 0 Å². The fourth-order valence-electron chi connectivity index (χ4n) is 8.48. The molecule has 0 aliphatic carbocycles. The van der Waals surface area contributed by atoms with Crippen LogP contribution >= 0.6 is 0 Å². The highest BCUT2D eigenvalue weighted by Gasteiger charge is 2.18. The molecule has 0 radical (unpaired) electrons. The van der Waals surface area contributed by atoms with E-state index in [2.05, 4.69) is 224 Å². The summed E-state index contributed by atoms with van der Waals surface area (Å²) in [6, 6.07) is 79.5. The van der Waals surface area contributed by atoms with E-state index in [-0.39, 0.29) is 0 Å². The van der Waals surface area contributed by atoms with Crippen molar-refractivity contribution in [2.24, 2.45) is 0 Å². The van der Waals surface area contributed by atoms with E-state index in [4.69, 9.17) is 15.0 Å². The predicted octanol–water partition coefficient (Wildman–Crippen LogP) is 15.0. The molecule has 0 unspecified atom stereocenters. The van der Waals surface area contributed by atoms with Crippen molar-refractivity contribution in [3.63, 3.8) is 0 Å². The summed E-state index contributed by atoms with van der Waals surface area (Å²) in [6.07, 6.45) is 0. The summed E-state index contributed by atoms with van der Waals surface area (Å²) in [5.74, 6) is 1.88. The molecule has 0 atom stereocenters. The van der Waals surface area contributed by atoms with E-state index >= 15 is 0 Å². The molecule has 60 heavy (non-hydrogen) atoms. The Morgan fingerprint density at radius 1 is 0.200 bits per heavy atom. The average molecular weight is 764 g/mol. The van der Waals surface area contributed by atoms with Gasteiger partial charge in [0.1, 0.15) is 0 Å². The van der Waals surface area contributed by atoms with Crippen LogP contribution in [0.25, 0.3) is 111 Å². The van der Waals surface area contributed by atoms with E-state index in [1.165, 1.54) is 38.8 Å². The van der Waals surface area contributed by atoms with E-state index in [9.17, 15) is 0 Å². The molecule has 10 aromatic carbocycles. The molecular formula is C57H37N3. The first-order valence-corrected chi connectivity index (χ1v) is 20.3. The Morgan fingerprint density at radius 3 is 1.33 bits per heavy atom. The number of hydrogen-bond donors (Lipinski definition) is 0. The van der Waals surface area contributed by atoms with Crippen molar-refractivity contribution in [1.29, 1.82) is 0 Å². The van der Waals surface area contributed by atoms with Crippen LogP contribution in [0.15, 0.2) is 224 Å². The molecule has 3 nitrogen and oxygen atoms in total. The molecule has 3 heteroatoms. The zero-order valence-electron chi connectivity index (χ0n) is 32.7. The third-order valence-electron chi connectivity index (χ3n) is 11.5. The van der Waals surface area contributed by atoms with Crippen molar-refractivity contribution in [1.82, 2.24) is 15.0 Å². The average Bonchev–Trinajstić information content (AvgIpc) is 3.33. The van der Waals surface area contributed by atoms with Gasteiger partial charge in [0.25, 0.3) is 0 Å². The standard InChI is InChI=1S/C57H37N3/c1-4-14-38(15-5-1)40-26-28-42(29-27-40)54-37-48(36-46-20-10-11-21-50(46)54)56-58-55(47-33-32-44-34-43(30-31-45(44)35-47)39-16-6-2-7-17-39)59-57(60-56)53-25-13-23-51-49(22-12-24-52(51)53)41-18-8-3-9-19-41/h1-37H. The van der Waals surface area contributed by atoms with Gasteiger partial charge in [0.05, 0.1) is 0 Å². The zero-order chi connectivity index (χ0) is 39.8. The topological polar surface area (TPSA) is 38.7 Å². The molecule has 0 amide bonds. The molecule has 11 rings (SSSR count). The molecule has 1 aromatic heterocycles. The molecule has 0 fully saturated rings. The summed E-state index contributed by atoms with van der Waals surface area (Å²) in [4.78, 5) is 15.9. The minimum absolute atomic E-state index is 0.624. The lowest BCUT2D eigenvalue weighted by molar-refractivity contribution is 1.08. The van der Waals surface area contributed by atoms with Crippen LogP contribution in [0, 0.1) is 0 Å². The summed E-state index contributed by atoms with van der Waals surface area (Å²) in [5.41, 5.74) is 12.2. The van der Waals surface area contributed by atoms with Crippen molar-refractivity contribution in [2.45, 2.75) is 0 Å². The molecular weight excluding hydrogens is 727 g/mol. The Kier molecular flexibility index (Phi) is 8.83. The van der Waals surface area contributed by atoms with Crippen molar-refractivity contribution < 1.29 is 0 Å². The molecule has 1 heterocycles. The van der Waals surface area contributed by atoms with Crippen molar-refractivity contribution in [3.8, 4) is 78.7 Å². The fraction of sp³-hybridized carbons (Fsp3) is 0. The minimum atomic E-state index is 0.624. The second-order valence-electron chi connectivity index (χ2n) is 15.2. The number of aromatic nitrogens is 3. The van der Waals surface area contributed by atoms with Gasteiger partial charge in [-0.25, -0.2) is 15.0 Å². The van der Waals surface area contributed by atoms with Gasteiger partial charge in [-0.1, -0.05) is 200 Å². The SMILES string of the molecule is c1ccc(-c2ccc(-c3cc(-c4nc(-c5ccc6cc(-c7ccccc7)ccc6c5)nc(-c5cccc6c(-c7ccccc7)cccc56)n4)cc4ccccc34)cc2)cc1. The summed E-state index contributed by atoms with van der Waals surface area (Å²) in [7, 11) is 0. The maximum Gasteiger partial charge on any atom is 0.164 e. The van der Waals surface area contributed by atoms with Gasteiger partial charge >= 0.3 is 0 Å². The van der Waals surface area contributed by atoms with Crippen LogP contribution in [-0.2, 0) is 0 Å². The second-order valence-corrected chi connectivity index (χ2v) is 15.2. The first kappa shape index (κ1) is 35.2. The van der Waals surface area contributed by atoms with E-state index in [1.807, 2.05) is 0 Å². The fourth-order valence-corrected chi connectivity index (χ4v) is 8.48. The summed E-state index contributed by atoms with van der Waals surface area (Å²) >= 11 is 0. The lowest BCUT2D eigenvalue weighted by atomic mass is 9.94. The molecule has 0 aliphatic rings. The lowest BCUT2D eigenvalue weighted by Crippen LogP contribution is -2.01. The van der Waals surface area contributed by atoms with Crippen LogP contribution in [-0.4, -0.2) is 15.0 Å². The Balaban J connectivity index is 1.09. The van der Waals surface area contributed by atoms with Gasteiger partial charge in [0.2, 0.25) is 0 Å². The van der Waals surface area contributed by atoms with Crippen molar-refractivity contribution >= 4 is 32.3 Å². The molecule has 0 spiro atoms. The smallest absolute Gasteiger partial charge is 0.164 e. The predicted molar refractivity (Wildman–Crippen MR) is 250 cm³/mol. The number of rotatable bonds is 7.